The van der Waals surface area contributed by atoms with Gasteiger partial charge in [0.15, 0.2) is 11.5 Å². The van der Waals surface area contributed by atoms with Gasteiger partial charge in [-0.15, -0.1) is 0 Å². The molecule has 2 aromatic rings. The monoisotopic (exact) mass is 282 g/mol. The predicted octanol–water partition coefficient (Wildman–Crippen LogP) is 3.74. The SMILES string of the molecule is O=C1/C(=C/c2ccc3c(c2)OCO3)Sc2ccccc21. The lowest BCUT2D eigenvalue weighted by atomic mass is 10.1. The normalized spacial score (nSPS) is 17.6. The fraction of sp³-hybridized carbons (Fsp3) is 0.0625. The van der Waals surface area contributed by atoms with Gasteiger partial charge < -0.3 is 9.47 Å². The summed E-state index contributed by atoms with van der Waals surface area (Å²) in [4.78, 5) is 14.0. The molecule has 0 spiro atoms. The van der Waals surface area contributed by atoms with Crippen molar-refractivity contribution in [2.45, 2.75) is 4.90 Å². The molecule has 2 heterocycles. The van der Waals surface area contributed by atoms with E-state index in [1.54, 1.807) is 0 Å². The van der Waals surface area contributed by atoms with Crippen molar-refractivity contribution in [3.05, 3.63) is 58.5 Å². The number of hydrogen-bond donors (Lipinski definition) is 0. The highest BCUT2D eigenvalue weighted by Gasteiger charge is 2.25. The summed E-state index contributed by atoms with van der Waals surface area (Å²) in [6.07, 6.45) is 1.90. The Balaban J connectivity index is 1.71. The smallest absolute Gasteiger partial charge is 0.231 e. The van der Waals surface area contributed by atoms with E-state index in [1.807, 2.05) is 48.5 Å². The first-order valence-corrected chi connectivity index (χ1v) is 7.06. The van der Waals surface area contributed by atoms with Gasteiger partial charge in [-0.1, -0.05) is 30.0 Å². The molecule has 0 N–H and O–H groups in total. The van der Waals surface area contributed by atoms with Gasteiger partial charge >= 0.3 is 0 Å². The van der Waals surface area contributed by atoms with Crippen LogP contribution in [0.25, 0.3) is 6.08 Å². The Morgan fingerprint density at radius 2 is 1.90 bits per heavy atom. The molecule has 0 aromatic heterocycles. The van der Waals surface area contributed by atoms with Crippen LogP contribution in [0, 0.1) is 0 Å². The van der Waals surface area contributed by atoms with Crippen LogP contribution in [-0.2, 0) is 0 Å². The number of thioether (sulfide) groups is 1. The fourth-order valence-electron chi connectivity index (χ4n) is 2.29. The van der Waals surface area contributed by atoms with Crippen LogP contribution in [0.2, 0.25) is 0 Å². The predicted molar refractivity (Wildman–Crippen MR) is 77.2 cm³/mol. The van der Waals surface area contributed by atoms with Gasteiger partial charge in [-0.25, -0.2) is 0 Å². The van der Waals surface area contributed by atoms with E-state index in [-0.39, 0.29) is 12.6 Å². The summed E-state index contributed by atoms with van der Waals surface area (Å²) in [7, 11) is 0. The molecular weight excluding hydrogens is 272 g/mol. The number of rotatable bonds is 1. The van der Waals surface area contributed by atoms with E-state index >= 15 is 0 Å². The molecule has 0 saturated carbocycles. The van der Waals surface area contributed by atoms with Gasteiger partial charge in [0.2, 0.25) is 12.6 Å². The summed E-state index contributed by atoms with van der Waals surface area (Å²) in [5.74, 6) is 1.57. The summed E-state index contributed by atoms with van der Waals surface area (Å²) in [6.45, 7) is 0.258. The van der Waals surface area contributed by atoms with Crippen LogP contribution >= 0.6 is 11.8 Å². The van der Waals surface area contributed by atoms with E-state index < -0.39 is 0 Å². The third-order valence-corrected chi connectivity index (χ3v) is 4.37. The largest absolute Gasteiger partial charge is 0.454 e. The topological polar surface area (TPSA) is 35.5 Å². The molecule has 0 aliphatic carbocycles. The maximum absolute atomic E-state index is 12.3. The number of allylic oxidation sites excluding steroid dienone is 1. The van der Waals surface area contributed by atoms with E-state index in [1.165, 1.54) is 11.8 Å². The molecule has 0 radical (unpaired) electrons. The number of ketones is 1. The molecule has 0 bridgehead atoms. The van der Waals surface area contributed by atoms with Gasteiger partial charge in [0.25, 0.3) is 0 Å². The van der Waals surface area contributed by atoms with Crippen molar-refractivity contribution in [2.75, 3.05) is 6.79 Å². The van der Waals surface area contributed by atoms with Crippen molar-refractivity contribution in [2.24, 2.45) is 0 Å². The molecule has 0 fully saturated rings. The molecule has 2 aliphatic heterocycles. The molecule has 2 aromatic carbocycles. The van der Waals surface area contributed by atoms with Crippen molar-refractivity contribution in [1.29, 1.82) is 0 Å². The molecule has 2 aliphatic rings. The highest BCUT2D eigenvalue weighted by molar-refractivity contribution is 8.04. The van der Waals surface area contributed by atoms with Crippen molar-refractivity contribution in [3.63, 3.8) is 0 Å². The van der Waals surface area contributed by atoms with Crippen LogP contribution in [-0.4, -0.2) is 12.6 Å². The van der Waals surface area contributed by atoms with Crippen LogP contribution in [0.15, 0.2) is 52.3 Å². The standard InChI is InChI=1S/C16H10O3S/c17-16-11-3-1-2-4-14(11)20-15(16)8-10-5-6-12-13(7-10)19-9-18-12/h1-8H,9H2/b15-8-. The average molecular weight is 282 g/mol. The zero-order valence-corrected chi connectivity index (χ0v) is 11.3. The summed E-state index contributed by atoms with van der Waals surface area (Å²) in [6, 6.07) is 13.4. The lowest BCUT2D eigenvalue weighted by molar-refractivity contribution is 0.104. The Hall–Kier alpha value is -2.20. The van der Waals surface area contributed by atoms with Crippen LogP contribution in [0.4, 0.5) is 0 Å². The van der Waals surface area contributed by atoms with Gasteiger partial charge in [-0.05, 0) is 35.9 Å². The molecule has 98 valence electrons. The van der Waals surface area contributed by atoms with Crippen molar-refractivity contribution in [3.8, 4) is 11.5 Å². The third-order valence-electron chi connectivity index (χ3n) is 3.27. The second-order valence-corrected chi connectivity index (χ2v) is 5.63. The quantitative estimate of drug-likeness (QED) is 0.746. The molecule has 4 heteroatoms. The second-order valence-electron chi connectivity index (χ2n) is 4.55. The number of carbonyl (C=O) groups excluding carboxylic acids is 1. The van der Waals surface area contributed by atoms with Crippen LogP contribution in [0.3, 0.4) is 0 Å². The van der Waals surface area contributed by atoms with E-state index in [2.05, 4.69) is 0 Å². The zero-order valence-electron chi connectivity index (χ0n) is 10.5. The highest BCUT2D eigenvalue weighted by Crippen LogP contribution is 2.41. The average Bonchev–Trinajstić information content (AvgIpc) is 3.05. The maximum atomic E-state index is 12.3. The lowest BCUT2D eigenvalue weighted by Gasteiger charge is -1.99. The second kappa shape index (κ2) is 4.42. The summed E-state index contributed by atoms with van der Waals surface area (Å²) >= 11 is 1.51. The lowest BCUT2D eigenvalue weighted by Crippen LogP contribution is -1.93. The van der Waals surface area contributed by atoms with Gasteiger partial charge in [-0.2, -0.15) is 0 Å². The van der Waals surface area contributed by atoms with Gasteiger partial charge in [0.1, 0.15) is 0 Å². The maximum Gasteiger partial charge on any atom is 0.231 e. The Bertz CT molecular complexity index is 749. The first-order valence-electron chi connectivity index (χ1n) is 6.24. The molecule has 4 rings (SSSR count). The molecule has 3 nitrogen and oxygen atoms in total. The number of hydrogen-bond acceptors (Lipinski definition) is 4. The first kappa shape index (κ1) is 11.6. The fourth-order valence-corrected chi connectivity index (χ4v) is 3.34. The summed E-state index contributed by atoms with van der Waals surface area (Å²) in [5, 5.41) is 0. The van der Waals surface area contributed by atoms with E-state index in [9.17, 15) is 4.79 Å². The van der Waals surface area contributed by atoms with E-state index in [0.717, 1.165) is 32.4 Å². The Labute approximate surface area is 120 Å². The van der Waals surface area contributed by atoms with Gasteiger partial charge in [0.05, 0.1) is 4.91 Å². The van der Waals surface area contributed by atoms with Crippen molar-refractivity contribution in [1.82, 2.24) is 0 Å². The first-order chi connectivity index (χ1) is 9.81. The van der Waals surface area contributed by atoms with Gasteiger partial charge in [0, 0.05) is 10.5 Å². The molecule has 0 amide bonds. The van der Waals surface area contributed by atoms with Crippen molar-refractivity contribution >= 4 is 23.6 Å². The van der Waals surface area contributed by atoms with E-state index in [4.69, 9.17) is 9.47 Å². The molecule has 0 saturated heterocycles. The zero-order chi connectivity index (χ0) is 13.5. The van der Waals surface area contributed by atoms with E-state index in [0.29, 0.717) is 0 Å². The minimum atomic E-state index is 0.0864. The Morgan fingerprint density at radius 1 is 1.05 bits per heavy atom. The molecular formula is C16H10O3S. The highest BCUT2D eigenvalue weighted by atomic mass is 32.2. The third kappa shape index (κ3) is 1.80. The Morgan fingerprint density at radius 3 is 2.80 bits per heavy atom. The van der Waals surface area contributed by atoms with Gasteiger partial charge in [-0.3, -0.25) is 4.79 Å². The van der Waals surface area contributed by atoms with Crippen molar-refractivity contribution < 1.29 is 14.3 Å². The van der Waals surface area contributed by atoms with Crippen LogP contribution < -0.4 is 9.47 Å². The minimum absolute atomic E-state index is 0.0864. The molecule has 0 atom stereocenters. The number of Topliss-reactive ketones (excluding diaryl/α,β-unsaturated/α-hetero) is 1. The van der Waals surface area contributed by atoms with Crippen LogP contribution in [0.1, 0.15) is 15.9 Å². The number of ether oxygens (including phenoxy) is 2. The molecule has 0 unspecified atom stereocenters. The minimum Gasteiger partial charge on any atom is -0.454 e. The number of benzene rings is 2. The summed E-state index contributed by atoms with van der Waals surface area (Å²) in [5.41, 5.74) is 1.72. The Kier molecular flexibility index (Phi) is 2.57. The number of carbonyl (C=O) groups is 1. The summed E-state index contributed by atoms with van der Waals surface area (Å²) < 4.78 is 10.6. The molecule has 20 heavy (non-hydrogen) atoms. The number of fused-ring (bicyclic) bond motifs is 2. The van der Waals surface area contributed by atoms with Crippen LogP contribution in [0.5, 0.6) is 11.5 Å².